The number of carbonyl (C=O) groups excluding carboxylic acids is 1. The Labute approximate surface area is 136 Å². The molecule has 0 bridgehead atoms. The molecule has 3 rings (SSSR count). The van der Waals surface area contributed by atoms with Gasteiger partial charge < -0.3 is 9.88 Å². The second-order valence-corrected chi connectivity index (χ2v) is 6.60. The van der Waals surface area contributed by atoms with Crippen molar-refractivity contribution in [3.63, 3.8) is 0 Å². The van der Waals surface area contributed by atoms with Crippen molar-refractivity contribution in [3.8, 4) is 0 Å². The van der Waals surface area contributed by atoms with Gasteiger partial charge in [0.1, 0.15) is 0 Å². The zero-order valence-corrected chi connectivity index (χ0v) is 14.2. The minimum atomic E-state index is -0.190. The third kappa shape index (κ3) is 3.29. The number of imidazole rings is 1. The summed E-state index contributed by atoms with van der Waals surface area (Å²) in [7, 11) is 3.87. The highest BCUT2D eigenvalue weighted by atomic mass is 16.2. The van der Waals surface area contributed by atoms with Gasteiger partial charge in [-0.2, -0.15) is 5.10 Å². The number of fused-ring (bicyclic) bond motifs is 1. The summed E-state index contributed by atoms with van der Waals surface area (Å²) in [5, 5.41) is 7.25. The van der Waals surface area contributed by atoms with Gasteiger partial charge in [0.15, 0.2) is 0 Å². The molecule has 0 radical (unpaired) electrons. The van der Waals surface area contributed by atoms with Crippen LogP contribution in [0, 0.1) is 0 Å². The van der Waals surface area contributed by atoms with E-state index in [-0.39, 0.29) is 17.9 Å². The highest BCUT2D eigenvalue weighted by Crippen LogP contribution is 2.28. The first kappa shape index (κ1) is 15.7. The molecule has 3 heterocycles. The number of nitrogens with one attached hydrogen (secondary N) is 1. The van der Waals surface area contributed by atoms with Gasteiger partial charge in [0.25, 0.3) is 0 Å². The monoisotopic (exact) mass is 316 g/mol. The predicted octanol–water partition coefficient (Wildman–Crippen LogP) is 0.778. The van der Waals surface area contributed by atoms with Crippen molar-refractivity contribution in [1.29, 1.82) is 0 Å². The summed E-state index contributed by atoms with van der Waals surface area (Å²) in [4.78, 5) is 19.4. The first-order chi connectivity index (χ1) is 10.9. The highest BCUT2D eigenvalue weighted by molar-refractivity contribution is 5.84. The third-order valence-electron chi connectivity index (χ3n) is 4.12. The molecule has 1 aliphatic rings. The summed E-state index contributed by atoms with van der Waals surface area (Å²) in [5.41, 5.74) is 3.17. The molecule has 0 saturated heterocycles. The Kier molecular flexibility index (Phi) is 4.21. The second-order valence-electron chi connectivity index (χ2n) is 6.60. The number of rotatable bonds is 4. The van der Waals surface area contributed by atoms with E-state index < -0.39 is 0 Å². The molecule has 1 N–H and O–H groups in total. The van der Waals surface area contributed by atoms with Gasteiger partial charge in [0, 0.05) is 51.5 Å². The van der Waals surface area contributed by atoms with E-state index in [9.17, 15) is 4.79 Å². The lowest BCUT2D eigenvalue weighted by molar-refractivity contribution is -0.124. The van der Waals surface area contributed by atoms with Gasteiger partial charge in [0.05, 0.1) is 29.8 Å². The number of carbonyl (C=O) groups is 1. The van der Waals surface area contributed by atoms with Crippen LogP contribution in [0.2, 0.25) is 0 Å². The van der Waals surface area contributed by atoms with E-state index in [1.54, 1.807) is 11.0 Å². The van der Waals surface area contributed by atoms with Crippen LogP contribution in [-0.2, 0) is 32.0 Å². The van der Waals surface area contributed by atoms with Crippen molar-refractivity contribution in [2.45, 2.75) is 38.9 Å². The Bertz CT molecular complexity index is 701. The number of hydrogen-bond donors (Lipinski definition) is 1. The van der Waals surface area contributed by atoms with Crippen LogP contribution in [0.5, 0.6) is 0 Å². The van der Waals surface area contributed by atoms with Gasteiger partial charge in [-0.1, -0.05) is 0 Å². The molecule has 0 saturated carbocycles. The molecule has 1 aliphatic heterocycles. The van der Waals surface area contributed by atoms with E-state index in [4.69, 9.17) is 0 Å². The number of aryl methyl sites for hydroxylation is 2. The lowest BCUT2D eigenvalue weighted by atomic mass is 9.96. The molecule has 7 heteroatoms. The first-order valence-electron chi connectivity index (χ1n) is 7.94. The fraction of sp³-hybridized carbons (Fsp3) is 0.562. The molecule has 0 aliphatic carbocycles. The van der Waals surface area contributed by atoms with Gasteiger partial charge in [0.2, 0.25) is 5.91 Å². The van der Waals surface area contributed by atoms with E-state index in [0.29, 0.717) is 6.54 Å². The highest BCUT2D eigenvalue weighted by Gasteiger charge is 2.34. The van der Waals surface area contributed by atoms with Gasteiger partial charge in [-0.25, -0.2) is 4.98 Å². The van der Waals surface area contributed by atoms with E-state index in [1.807, 2.05) is 44.9 Å². The maximum Gasteiger partial charge on any atom is 0.230 e. The topological polar surface area (TPSA) is 68.0 Å². The third-order valence-corrected chi connectivity index (χ3v) is 4.12. The van der Waals surface area contributed by atoms with Crippen LogP contribution >= 0.6 is 0 Å². The van der Waals surface area contributed by atoms with Crippen LogP contribution in [0.3, 0.4) is 0 Å². The largest absolute Gasteiger partial charge is 0.353 e. The summed E-state index contributed by atoms with van der Waals surface area (Å²) in [6.45, 7) is 6.20. The Hall–Kier alpha value is -2.15. The van der Waals surface area contributed by atoms with Crippen LogP contribution in [-0.4, -0.2) is 42.7 Å². The van der Waals surface area contributed by atoms with E-state index in [1.165, 1.54) is 0 Å². The first-order valence-corrected chi connectivity index (χ1v) is 7.94. The van der Waals surface area contributed by atoms with Crippen molar-refractivity contribution in [2.24, 2.45) is 14.1 Å². The molecule has 2 aromatic heterocycles. The fourth-order valence-electron chi connectivity index (χ4n) is 3.20. The van der Waals surface area contributed by atoms with Crippen molar-refractivity contribution >= 4 is 5.91 Å². The Morgan fingerprint density at radius 1 is 1.43 bits per heavy atom. The van der Waals surface area contributed by atoms with Crippen LogP contribution in [0.4, 0.5) is 0 Å². The predicted molar refractivity (Wildman–Crippen MR) is 86.5 cm³/mol. The normalized spacial score (nSPS) is 18.2. The molecular weight excluding hydrogens is 292 g/mol. The molecule has 2 aromatic rings. The molecule has 124 valence electrons. The van der Waals surface area contributed by atoms with Crippen LogP contribution in [0.15, 0.2) is 18.7 Å². The summed E-state index contributed by atoms with van der Waals surface area (Å²) in [6, 6.07) is 0.132. The standard InChI is InChI=1S/C16H24N6O/c1-11(2)19-16(23)13-8-22(7-12-5-18-21(4)6-12)9-14-15(13)20(3)10-17-14/h5-6,10-11,13H,7-9H2,1-4H3,(H,19,23)/t13-/m0/s1. The van der Waals surface area contributed by atoms with E-state index in [2.05, 4.69) is 20.3 Å². The zero-order valence-electron chi connectivity index (χ0n) is 14.2. The lowest BCUT2D eigenvalue weighted by Crippen LogP contribution is -2.43. The van der Waals surface area contributed by atoms with Crippen molar-refractivity contribution < 1.29 is 4.79 Å². The average Bonchev–Trinajstić information content (AvgIpc) is 3.04. The number of amides is 1. The van der Waals surface area contributed by atoms with Gasteiger partial charge in [-0.3, -0.25) is 14.4 Å². The van der Waals surface area contributed by atoms with Crippen LogP contribution in [0.1, 0.15) is 36.7 Å². The van der Waals surface area contributed by atoms with E-state index in [0.717, 1.165) is 30.0 Å². The molecule has 1 amide bonds. The van der Waals surface area contributed by atoms with Crippen LogP contribution in [0.25, 0.3) is 0 Å². The quantitative estimate of drug-likeness (QED) is 0.905. The molecular formula is C16H24N6O. The fourth-order valence-corrected chi connectivity index (χ4v) is 3.20. The Morgan fingerprint density at radius 2 is 2.22 bits per heavy atom. The summed E-state index contributed by atoms with van der Waals surface area (Å²) in [6.07, 6.45) is 5.68. The maximum atomic E-state index is 12.6. The molecule has 1 atom stereocenters. The number of hydrogen-bond acceptors (Lipinski definition) is 4. The second kappa shape index (κ2) is 6.16. The number of aromatic nitrogens is 4. The minimum absolute atomic E-state index is 0.0701. The Morgan fingerprint density at radius 3 is 2.87 bits per heavy atom. The summed E-state index contributed by atoms with van der Waals surface area (Å²) in [5.74, 6) is -0.119. The minimum Gasteiger partial charge on any atom is -0.353 e. The molecule has 0 fully saturated rings. The zero-order chi connectivity index (χ0) is 16.6. The average molecular weight is 316 g/mol. The van der Waals surface area contributed by atoms with Gasteiger partial charge in [-0.15, -0.1) is 0 Å². The molecule has 0 spiro atoms. The molecule has 0 aromatic carbocycles. The summed E-state index contributed by atoms with van der Waals surface area (Å²) >= 11 is 0. The smallest absolute Gasteiger partial charge is 0.230 e. The molecule has 7 nitrogen and oxygen atoms in total. The van der Waals surface area contributed by atoms with Crippen LogP contribution < -0.4 is 5.32 Å². The SMILES string of the molecule is CC(C)NC(=O)[C@H]1CN(Cc2cnn(C)c2)Cc2ncn(C)c21. The van der Waals surface area contributed by atoms with Crippen molar-refractivity contribution in [3.05, 3.63) is 35.7 Å². The lowest BCUT2D eigenvalue weighted by Gasteiger charge is -2.32. The maximum absolute atomic E-state index is 12.6. The van der Waals surface area contributed by atoms with E-state index >= 15 is 0 Å². The van der Waals surface area contributed by atoms with Crippen molar-refractivity contribution in [1.82, 2.24) is 29.5 Å². The van der Waals surface area contributed by atoms with Gasteiger partial charge in [-0.05, 0) is 13.8 Å². The van der Waals surface area contributed by atoms with Gasteiger partial charge >= 0.3 is 0 Å². The van der Waals surface area contributed by atoms with Crippen molar-refractivity contribution in [2.75, 3.05) is 6.54 Å². The number of nitrogens with zero attached hydrogens (tertiary/aromatic N) is 5. The summed E-state index contributed by atoms with van der Waals surface area (Å²) < 4.78 is 3.77. The molecule has 0 unspecified atom stereocenters. The molecule has 23 heavy (non-hydrogen) atoms. The Balaban J connectivity index is 1.83.